The van der Waals surface area contributed by atoms with E-state index in [-0.39, 0.29) is 10.6 Å². The lowest BCUT2D eigenvalue weighted by molar-refractivity contribution is 0.133. The number of aromatic hydroxyl groups is 2. The van der Waals surface area contributed by atoms with Gasteiger partial charge in [0.25, 0.3) is 0 Å². The third-order valence-corrected chi connectivity index (χ3v) is 6.03. The van der Waals surface area contributed by atoms with Crippen molar-refractivity contribution >= 4 is 21.6 Å². The molecule has 0 amide bonds. The minimum absolute atomic E-state index is 0.129. The van der Waals surface area contributed by atoms with E-state index in [9.17, 15) is 15.0 Å². The fraction of sp³-hybridized carbons (Fsp3) is 0.435. The van der Waals surface area contributed by atoms with Gasteiger partial charge in [-0.1, -0.05) is 42.4 Å². The van der Waals surface area contributed by atoms with Gasteiger partial charge >= 0.3 is 4.87 Å². The third kappa shape index (κ3) is 6.86. The molecule has 0 spiro atoms. The Kier molecular flexibility index (Phi) is 8.74. The number of phenols is 2. The van der Waals surface area contributed by atoms with Crippen molar-refractivity contribution in [1.82, 2.24) is 10.3 Å². The molecule has 2 aromatic carbocycles. The van der Waals surface area contributed by atoms with Crippen molar-refractivity contribution in [3.8, 4) is 11.5 Å². The Balaban J connectivity index is 1.19. The molecule has 3 aromatic rings. The van der Waals surface area contributed by atoms with Crippen LogP contribution in [0, 0.1) is 0 Å². The summed E-state index contributed by atoms with van der Waals surface area (Å²) in [4.78, 5) is 14.1. The lowest BCUT2D eigenvalue weighted by Gasteiger charge is -2.07. The van der Waals surface area contributed by atoms with Crippen molar-refractivity contribution in [3.63, 3.8) is 0 Å². The maximum Gasteiger partial charge on any atom is 0.305 e. The van der Waals surface area contributed by atoms with E-state index < -0.39 is 0 Å². The molecule has 0 saturated heterocycles. The first kappa shape index (κ1) is 22.3. The Hall–Kier alpha value is -2.35. The molecule has 162 valence electrons. The van der Waals surface area contributed by atoms with Gasteiger partial charge in [0.2, 0.25) is 0 Å². The van der Waals surface area contributed by atoms with Crippen molar-refractivity contribution in [2.24, 2.45) is 0 Å². The maximum atomic E-state index is 11.5. The van der Waals surface area contributed by atoms with Crippen LogP contribution in [0.1, 0.15) is 36.8 Å². The van der Waals surface area contributed by atoms with Crippen LogP contribution in [0.2, 0.25) is 0 Å². The molecule has 0 fully saturated rings. The van der Waals surface area contributed by atoms with Crippen LogP contribution in [0.3, 0.4) is 0 Å². The van der Waals surface area contributed by atoms with E-state index in [1.165, 1.54) is 12.0 Å². The van der Waals surface area contributed by atoms with Crippen molar-refractivity contribution in [2.45, 2.75) is 38.5 Å². The fourth-order valence-corrected chi connectivity index (χ4v) is 4.28. The highest BCUT2D eigenvalue weighted by Crippen LogP contribution is 2.27. The van der Waals surface area contributed by atoms with Gasteiger partial charge in [-0.15, -0.1) is 0 Å². The summed E-state index contributed by atoms with van der Waals surface area (Å²) in [5.74, 6) is 0.426. The standard InChI is InChI=1S/C23H30N2O4S/c26-19-8-5-17(6-9-19)12-16-29-15-4-2-1-3-13-24-14-11-18-7-10-20(27)21-22(18)30-23(28)25-21/h5-10,24,26-27H,1-4,11-16H2,(H,25,28). The molecule has 0 saturated carbocycles. The summed E-state index contributed by atoms with van der Waals surface area (Å²) < 4.78 is 6.54. The number of hydrogen-bond donors (Lipinski definition) is 4. The number of rotatable bonds is 13. The molecule has 0 atom stereocenters. The molecule has 4 N–H and O–H groups in total. The van der Waals surface area contributed by atoms with E-state index in [1.54, 1.807) is 18.2 Å². The Labute approximate surface area is 180 Å². The summed E-state index contributed by atoms with van der Waals surface area (Å²) in [6, 6.07) is 10.8. The highest BCUT2D eigenvalue weighted by Gasteiger charge is 2.09. The number of ether oxygens (including phenoxy) is 1. The molecule has 30 heavy (non-hydrogen) atoms. The molecule has 1 aromatic heterocycles. The number of phenolic OH excluding ortho intramolecular Hbond substituents is 2. The average Bonchev–Trinajstić information content (AvgIpc) is 3.14. The quantitative estimate of drug-likeness (QED) is 0.308. The average molecular weight is 431 g/mol. The topological polar surface area (TPSA) is 94.6 Å². The minimum Gasteiger partial charge on any atom is -0.508 e. The lowest BCUT2D eigenvalue weighted by Crippen LogP contribution is -2.18. The summed E-state index contributed by atoms with van der Waals surface area (Å²) >= 11 is 1.15. The molecule has 0 aliphatic heterocycles. The van der Waals surface area contributed by atoms with Crippen molar-refractivity contribution < 1.29 is 14.9 Å². The largest absolute Gasteiger partial charge is 0.508 e. The zero-order valence-electron chi connectivity index (χ0n) is 17.2. The molecule has 7 heteroatoms. The predicted molar refractivity (Wildman–Crippen MR) is 122 cm³/mol. The van der Waals surface area contributed by atoms with Crippen LogP contribution in [0.5, 0.6) is 11.5 Å². The van der Waals surface area contributed by atoms with E-state index in [2.05, 4.69) is 10.3 Å². The Morgan fingerprint density at radius 2 is 1.70 bits per heavy atom. The van der Waals surface area contributed by atoms with Crippen LogP contribution in [0.15, 0.2) is 41.2 Å². The second-order valence-corrected chi connectivity index (χ2v) is 8.39. The van der Waals surface area contributed by atoms with Gasteiger partial charge in [0.05, 0.1) is 11.3 Å². The molecular formula is C23H30N2O4S. The summed E-state index contributed by atoms with van der Waals surface area (Å²) in [5, 5.41) is 22.6. The lowest BCUT2D eigenvalue weighted by atomic mass is 10.1. The van der Waals surface area contributed by atoms with Gasteiger partial charge in [-0.2, -0.15) is 0 Å². The number of unbranched alkanes of at least 4 members (excludes halogenated alkanes) is 3. The fourth-order valence-electron chi connectivity index (χ4n) is 3.38. The van der Waals surface area contributed by atoms with Crippen molar-refractivity contribution in [1.29, 1.82) is 0 Å². The van der Waals surface area contributed by atoms with Gasteiger partial charge in [-0.05, 0) is 68.1 Å². The first-order chi connectivity index (χ1) is 14.6. The van der Waals surface area contributed by atoms with Crippen molar-refractivity contribution in [3.05, 3.63) is 57.2 Å². The maximum absolute atomic E-state index is 11.5. The smallest absolute Gasteiger partial charge is 0.305 e. The van der Waals surface area contributed by atoms with Crippen molar-refractivity contribution in [2.75, 3.05) is 26.3 Å². The highest BCUT2D eigenvalue weighted by molar-refractivity contribution is 7.16. The molecule has 0 aliphatic carbocycles. The molecule has 6 nitrogen and oxygen atoms in total. The summed E-state index contributed by atoms with van der Waals surface area (Å²) in [6.07, 6.45) is 6.26. The predicted octanol–water partition coefficient (Wildman–Crippen LogP) is 3.95. The summed E-state index contributed by atoms with van der Waals surface area (Å²) in [6.45, 7) is 3.34. The second kappa shape index (κ2) is 11.7. The molecular weight excluding hydrogens is 400 g/mol. The normalized spacial score (nSPS) is 11.3. The number of fused-ring (bicyclic) bond motifs is 1. The zero-order chi connectivity index (χ0) is 21.2. The van der Waals surface area contributed by atoms with Gasteiger partial charge in [0, 0.05) is 6.61 Å². The molecule has 0 bridgehead atoms. The Morgan fingerprint density at radius 3 is 2.53 bits per heavy atom. The second-order valence-electron chi connectivity index (χ2n) is 7.41. The van der Waals surface area contributed by atoms with Crippen LogP contribution < -0.4 is 10.2 Å². The molecule has 0 aliphatic rings. The van der Waals surface area contributed by atoms with Gasteiger partial charge in [0.1, 0.15) is 17.0 Å². The number of nitrogens with one attached hydrogen (secondary N) is 2. The Morgan fingerprint density at radius 1 is 0.900 bits per heavy atom. The minimum atomic E-state index is -0.134. The van der Waals surface area contributed by atoms with Crippen LogP contribution in [0.25, 0.3) is 10.2 Å². The summed E-state index contributed by atoms with van der Waals surface area (Å²) in [7, 11) is 0. The third-order valence-electron chi connectivity index (χ3n) is 5.07. The van der Waals surface area contributed by atoms with Gasteiger partial charge in [-0.3, -0.25) is 4.79 Å². The van der Waals surface area contributed by atoms with E-state index in [4.69, 9.17) is 4.74 Å². The van der Waals surface area contributed by atoms with E-state index in [0.29, 0.717) is 17.9 Å². The molecule has 0 radical (unpaired) electrons. The molecule has 0 unspecified atom stereocenters. The van der Waals surface area contributed by atoms with E-state index >= 15 is 0 Å². The molecule has 1 heterocycles. The van der Waals surface area contributed by atoms with Gasteiger partial charge in [0.15, 0.2) is 0 Å². The first-order valence-electron chi connectivity index (χ1n) is 10.5. The zero-order valence-corrected chi connectivity index (χ0v) is 18.0. The first-order valence-corrected chi connectivity index (χ1v) is 11.3. The molecule has 3 rings (SSSR count). The number of thiazole rings is 1. The number of aromatic nitrogens is 1. The van der Waals surface area contributed by atoms with Gasteiger partial charge in [-0.25, -0.2) is 0 Å². The van der Waals surface area contributed by atoms with Crippen LogP contribution >= 0.6 is 11.3 Å². The Bertz CT molecular complexity index is 965. The van der Waals surface area contributed by atoms with Crippen LogP contribution in [-0.2, 0) is 17.6 Å². The number of benzene rings is 2. The monoisotopic (exact) mass is 430 g/mol. The number of hydrogen-bond acceptors (Lipinski definition) is 6. The van der Waals surface area contributed by atoms with E-state index in [1.807, 2.05) is 18.2 Å². The highest BCUT2D eigenvalue weighted by atomic mass is 32.1. The van der Waals surface area contributed by atoms with Crippen LogP contribution in [-0.4, -0.2) is 41.5 Å². The van der Waals surface area contributed by atoms with E-state index in [0.717, 1.165) is 73.4 Å². The van der Waals surface area contributed by atoms with Gasteiger partial charge < -0.3 is 25.3 Å². The SMILES string of the molecule is O=c1[nH]c2c(O)ccc(CCNCCCCCCOCCc3ccc(O)cc3)c2s1. The van der Waals surface area contributed by atoms with Crippen LogP contribution in [0.4, 0.5) is 0 Å². The number of aromatic amines is 1. The number of H-pyrrole nitrogens is 1. The summed E-state index contributed by atoms with van der Waals surface area (Å²) in [5.41, 5.74) is 2.81.